The monoisotopic (exact) mass is 385 g/mol. The molecule has 0 saturated heterocycles. The average molecular weight is 385 g/mol. The average Bonchev–Trinajstić information content (AvgIpc) is 3.28. The molecule has 0 atom stereocenters. The summed E-state index contributed by atoms with van der Waals surface area (Å²) < 4.78 is 7.01. The molecule has 3 aromatic rings. The van der Waals surface area contributed by atoms with Crippen molar-refractivity contribution >= 4 is 23.1 Å². The zero-order valence-electron chi connectivity index (χ0n) is 15.7. The quantitative estimate of drug-likeness (QED) is 0.651. The maximum Gasteiger partial charge on any atom is 0.319 e. The number of thiazole rings is 1. The van der Waals surface area contributed by atoms with Crippen LogP contribution in [0.5, 0.6) is 0 Å². The highest BCUT2D eigenvalue weighted by Crippen LogP contribution is 2.24. The number of carbonyl (C=O) groups is 1. The van der Waals surface area contributed by atoms with Gasteiger partial charge in [-0.3, -0.25) is 4.68 Å². The molecule has 3 rings (SSSR count). The molecule has 0 saturated carbocycles. The lowest BCUT2D eigenvalue weighted by molar-refractivity contribution is 0.182. The summed E-state index contributed by atoms with van der Waals surface area (Å²) >= 11 is 1.56. The van der Waals surface area contributed by atoms with Crippen LogP contribution in [0.3, 0.4) is 0 Å². The highest BCUT2D eigenvalue weighted by atomic mass is 32.1. The van der Waals surface area contributed by atoms with Gasteiger partial charge in [0, 0.05) is 47.7 Å². The van der Waals surface area contributed by atoms with Crippen LogP contribution in [-0.4, -0.2) is 34.5 Å². The Morgan fingerprint density at radius 2 is 2.19 bits per heavy atom. The Morgan fingerprint density at radius 3 is 2.93 bits per heavy atom. The van der Waals surface area contributed by atoms with E-state index in [1.165, 1.54) is 0 Å². The SMILES string of the molecule is COCCn1nc(C)c(CNC(=O)Nc2cccc(-c3nccs3)c2)c1C. The summed E-state index contributed by atoms with van der Waals surface area (Å²) in [5.41, 5.74) is 4.68. The van der Waals surface area contributed by atoms with Gasteiger partial charge in [-0.05, 0) is 26.0 Å². The van der Waals surface area contributed by atoms with Crippen molar-refractivity contribution in [2.24, 2.45) is 0 Å². The lowest BCUT2D eigenvalue weighted by atomic mass is 10.2. The number of nitrogens with one attached hydrogen (secondary N) is 2. The number of aryl methyl sites for hydroxylation is 1. The Kier molecular flexibility index (Phi) is 6.20. The molecule has 142 valence electrons. The highest BCUT2D eigenvalue weighted by molar-refractivity contribution is 7.13. The number of rotatable bonds is 7. The van der Waals surface area contributed by atoms with Crippen LogP contribution in [-0.2, 0) is 17.8 Å². The molecule has 0 aliphatic carbocycles. The number of urea groups is 1. The maximum absolute atomic E-state index is 12.3. The van der Waals surface area contributed by atoms with Crippen molar-refractivity contribution in [3.05, 3.63) is 52.8 Å². The Bertz CT molecular complexity index is 905. The van der Waals surface area contributed by atoms with E-state index < -0.39 is 0 Å². The third-order valence-electron chi connectivity index (χ3n) is 4.26. The molecule has 0 fully saturated rings. The van der Waals surface area contributed by atoms with Crippen molar-refractivity contribution in [2.45, 2.75) is 26.9 Å². The third-order valence-corrected chi connectivity index (χ3v) is 5.09. The van der Waals surface area contributed by atoms with Gasteiger partial charge in [-0.25, -0.2) is 9.78 Å². The van der Waals surface area contributed by atoms with E-state index in [0.29, 0.717) is 19.7 Å². The summed E-state index contributed by atoms with van der Waals surface area (Å²) in [4.78, 5) is 16.6. The summed E-state index contributed by atoms with van der Waals surface area (Å²) in [6, 6.07) is 7.40. The highest BCUT2D eigenvalue weighted by Gasteiger charge is 2.12. The van der Waals surface area contributed by atoms with Crippen molar-refractivity contribution in [3.8, 4) is 10.6 Å². The molecule has 2 heterocycles. The van der Waals surface area contributed by atoms with E-state index in [-0.39, 0.29) is 6.03 Å². The van der Waals surface area contributed by atoms with E-state index >= 15 is 0 Å². The molecule has 0 bridgehead atoms. The number of nitrogens with zero attached hydrogens (tertiary/aromatic N) is 3. The third kappa shape index (κ3) is 4.72. The van der Waals surface area contributed by atoms with Gasteiger partial charge in [0.1, 0.15) is 5.01 Å². The standard InChI is InChI=1S/C19H23N5O2S/c1-13-17(14(2)24(23-13)8-9-26-3)12-21-19(25)22-16-6-4-5-15(11-16)18-20-7-10-27-18/h4-7,10-11H,8-9,12H2,1-3H3,(H2,21,22,25). The van der Waals surface area contributed by atoms with Gasteiger partial charge >= 0.3 is 6.03 Å². The second-order valence-electron chi connectivity index (χ2n) is 6.09. The van der Waals surface area contributed by atoms with E-state index in [0.717, 1.165) is 33.2 Å². The fourth-order valence-corrected chi connectivity index (χ4v) is 3.46. The van der Waals surface area contributed by atoms with Crippen LogP contribution >= 0.6 is 11.3 Å². The summed E-state index contributed by atoms with van der Waals surface area (Å²) in [5, 5.41) is 13.1. The minimum atomic E-state index is -0.255. The van der Waals surface area contributed by atoms with Crippen molar-refractivity contribution in [3.63, 3.8) is 0 Å². The van der Waals surface area contributed by atoms with Crippen LogP contribution in [0.1, 0.15) is 17.0 Å². The Hall–Kier alpha value is -2.71. The summed E-state index contributed by atoms with van der Waals surface area (Å²) in [6.07, 6.45) is 1.77. The van der Waals surface area contributed by atoms with Gasteiger partial charge in [-0.1, -0.05) is 12.1 Å². The number of hydrogen-bond acceptors (Lipinski definition) is 5. The summed E-state index contributed by atoms with van der Waals surface area (Å²) in [7, 11) is 1.67. The first kappa shape index (κ1) is 19.1. The van der Waals surface area contributed by atoms with Crippen molar-refractivity contribution < 1.29 is 9.53 Å². The maximum atomic E-state index is 12.3. The van der Waals surface area contributed by atoms with Gasteiger partial charge in [0.25, 0.3) is 0 Å². The predicted molar refractivity (Wildman–Crippen MR) is 107 cm³/mol. The lowest BCUT2D eigenvalue weighted by Crippen LogP contribution is -2.28. The molecule has 27 heavy (non-hydrogen) atoms. The number of amides is 2. The zero-order chi connectivity index (χ0) is 19.2. The number of benzene rings is 1. The summed E-state index contributed by atoms with van der Waals surface area (Å²) in [6.45, 7) is 5.66. The number of carbonyl (C=O) groups excluding carboxylic acids is 1. The van der Waals surface area contributed by atoms with Gasteiger partial charge in [0.05, 0.1) is 18.8 Å². The Balaban J connectivity index is 1.61. The largest absolute Gasteiger partial charge is 0.383 e. The molecule has 0 spiro atoms. The first-order valence-corrected chi connectivity index (χ1v) is 9.53. The molecular formula is C19H23N5O2S. The molecule has 1 aromatic carbocycles. The van der Waals surface area contributed by atoms with Crippen LogP contribution in [0.15, 0.2) is 35.8 Å². The molecular weight excluding hydrogens is 362 g/mol. The van der Waals surface area contributed by atoms with Crippen LogP contribution in [0.2, 0.25) is 0 Å². The van der Waals surface area contributed by atoms with E-state index in [2.05, 4.69) is 20.7 Å². The van der Waals surface area contributed by atoms with Crippen LogP contribution in [0, 0.1) is 13.8 Å². The van der Waals surface area contributed by atoms with Crippen LogP contribution < -0.4 is 10.6 Å². The molecule has 0 radical (unpaired) electrons. The van der Waals surface area contributed by atoms with Crippen LogP contribution in [0.4, 0.5) is 10.5 Å². The molecule has 2 N–H and O–H groups in total. The van der Waals surface area contributed by atoms with E-state index in [1.807, 2.05) is 48.2 Å². The smallest absolute Gasteiger partial charge is 0.319 e. The van der Waals surface area contributed by atoms with Gasteiger partial charge in [-0.15, -0.1) is 11.3 Å². The van der Waals surface area contributed by atoms with E-state index in [1.54, 1.807) is 24.6 Å². The van der Waals surface area contributed by atoms with Crippen molar-refractivity contribution in [1.82, 2.24) is 20.1 Å². The minimum Gasteiger partial charge on any atom is -0.383 e. The van der Waals surface area contributed by atoms with Crippen molar-refractivity contribution in [1.29, 1.82) is 0 Å². The zero-order valence-corrected chi connectivity index (χ0v) is 16.5. The number of aromatic nitrogens is 3. The molecule has 8 heteroatoms. The number of hydrogen-bond donors (Lipinski definition) is 2. The van der Waals surface area contributed by atoms with Gasteiger partial charge in [0.2, 0.25) is 0 Å². The Labute approximate surface area is 162 Å². The van der Waals surface area contributed by atoms with Crippen LogP contribution in [0.25, 0.3) is 10.6 Å². The van der Waals surface area contributed by atoms with Crippen molar-refractivity contribution in [2.75, 3.05) is 19.0 Å². The van der Waals surface area contributed by atoms with E-state index in [9.17, 15) is 4.79 Å². The normalized spacial score (nSPS) is 10.8. The number of anilines is 1. The second kappa shape index (κ2) is 8.79. The second-order valence-corrected chi connectivity index (χ2v) is 6.99. The van der Waals surface area contributed by atoms with E-state index in [4.69, 9.17) is 4.74 Å². The fourth-order valence-electron chi connectivity index (χ4n) is 2.83. The molecule has 0 aliphatic heterocycles. The lowest BCUT2D eigenvalue weighted by Gasteiger charge is -2.09. The predicted octanol–water partition coefficient (Wildman–Crippen LogP) is 3.59. The number of ether oxygens (including phenoxy) is 1. The van der Waals surface area contributed by atoms with Gasteiger partial charge in [-0.2, -0.15) is 5.10 Å². The topological polar surface area (TPSA) is 81.1 Å². The number of methoxy groups -OCH3 is 1. The first-order valence-electron chi connectivity index (χ1n) is 8.65. The first-order chi connectivity index (χ1) is 13.1. The molecule has 2 amide bonds. The summed E-state index contributed by atoms with van der Waals surface area (Å²) in [5.74, 6) is 0. The molecule has 7 nitrogen and oxygen atoms in total. The molecule has 0 unspecified atom stereocenters. The molecule has 2 aromatic heterocycles. The molecule has 0 aliphatic rings. The minimum absolute atomic E-state index is 0.255. The fraction of sp³-hybridized carbons (Fsp3) is 0.316. The van der Waals surface area contributed by atoms with Gasteiger partial charge in [0.15, 0.2) is 0 Å². The Morgan fingerprint density at radius 1 is 1.33 bits per heavy atom. The van der Waals surface area contributed by atoms with Gasteiger partial charge < -0.3 is 15.4 Å².